The molecule has 1 N–H and O–H groups in total. The van der Waals surface area contributed by atoms with Crippen molar-refractivity contribution in [2.75, 3.05) is 6.54 Å². The Morgan fingerprint density at radius 1 is 1.17 bits per heavy atom. The molecule has 1 heterocycles. The molecule has 0 amide bonds. The molecule has 0 aromatic heterocycles. The van der Waals surface area contributed by atoms with E-state index in [9.17, 15) is 0 Å². The van der Waals surface area contributed by atoms with Crippen molar-refractivity contribution in [3.63, 3.8) is 0 Å². The van der Waals surface area contributed by atoms with E-state index in [2.05, 4.69) is 52.4 Å². The Bertz CT molecular complexity index is 350. The summed E-state index contributed by atoms with van der Waals surface area (Å²) in [7, 11) is 0. The Hall–Kier alpha value is -0.340. The molecule has 1 aliphatic heterocycles. The standard InChI is InChI=1S/C16H24BrN/c1-2-10-16(11-4-3-5-12-18-16)13-14-6-8-15(17)9-7-14/h6-9,18H,2-5,10-13H2,1H3. The van der Waals surface area contributed by atoms with Gasteiger partial charge < -0.3 is 5.32 Å². The van der Waals surface area contributed by atoms with Gasteiger partial charge in [-0.05, 0) is 49.9 Å². The van der Waals surface area contributed by atoms with Gasteiger partial charge in [-0.25, -0.2) is 0 Å². The van der Waals surface area contributed by atoms with Gasteiger partial charge in [-0.1, -0.05) is 54.2 Å². The zero-order valence-electron chi connectivity index (χ0n) is 11.3. The second-order valence-electron chi connectivity index (χ2n) is 5.57. The summed E-state index contributed by atoms with van der Waals surface area (Å²) in [4.78, 5) is 0. The van der Waals surface area contributed by atoms with Crippen LogP contribution in [0.1, 0.15) is 51.0 Å². The van der Waals surface area contributed by atoms with E-state index < -0.39 is 0 Å². The van der Waals surface area contributed by atoms with Gasteiger partial charge in [0.25, 0.3) is 0 Å². The largest absolute Gasteiger partial charge is 0.311 e. The van der Waals surface area contributed by atoms with Crippen molar-refractivity contribution in [2.45, 2.75) is 57.4 Å². The second-order valence-corrected chi connectivity index (χ2v) is 6.49. The van der Waals surface area contributed by atoms with Crippen molar-refractivity contribution >= 4 is 15.9 Å². The minimum Gasteiger partial charge on any atom is -0.311 e. The normalized spacial score (nSPS) is 24.8. The van der Waals surface area contributed by atoms with Crippen LogP contribution in [-0.4, -0.2) is 12.1 Å². The van der Waals surface area contributed by atoms with Crippen LogP contribution in [0.25, 0.3) is 0 Å². The van der Waals surface area contributed by atoms with Gasteiger partial charge in [0.05, 0.1) is 0 Å². The first-order valence-electron chi connectivity index (χ1n) is 7.24. The van der Waals surface area contributed by atoms with Crippen molar-refractivity contribution < 1.29 is 0 Å². The summed E-state index contributed by atoms with van der Waals surface area (Å²) in [6.07, 6.45) is 9.17. The van der Waals surface area contributed by atoms with E-state index in [1.54, 1.807) is 0 Å². The maximum atomic E-state index is 3.85. The van der Waals surface area contributed by atoms with Crippen molar-refractivity contribution in [3.05, 3.63) is 34.3 Å². The molecule has 1 aliphatic rings. The molecule has 1 saturated heterocycles. The third-order valence-corrected chi connectivity index (χ3v) is 4.55. The first kappa shape index (κ1) is 14.1. The lowest BCUT2D eigenvalue weighted by molar-refractivity contribution is 0.288. The van der Waals surface area contributed by atoms with E-state index in [0.717, 1.165) is 0 Å². The minimum absolute atomic E-state index is 0.346. The minimum atomic E-state index is 0.346. The quantitative estimate of drug-likeness (QED) is 0.850. The van der Waals surface area contributed by atoms with Gasteiger partial charge in [0.15, 0.2) is 0 Å². The van der Waals surface area contributed by atoms with Crippen LogP contribution in [0.4, 0.5) is 0 Å². The average Bonchev–Trinajstić information content (AvgIpc) is 2.59. The Labute approximate surface area is 119 Å². The first-order valence-corrected chi connectivity index (χ1v) is 8.03. The summed E-state index contributed by atoms with van der Waals surface area (Å²) in [5.74, 6) is 0. The van der Waals surface area contributed by atoms with Crippen molar-refractivity contribution in [2.24, 2.45) is 0 Å². The van der Waals surface area contributed by atoms with Crippen LogP contribution < -0.4 is 5.32 Å². The zero-order valence-corrected chi connectivity index (χ0v) is 12.9. The number of hydrogen-bond donors (Lipinski definition) is 1. The van der Waals surface area contributed by atoms with E-state index in [1.807, 2.05) is 0 Å². The summed E-state index contributed by atoms with van der Waals surface area (Å²) in [6.45, 7) is 3.49. The van der Waals surface area contributed by atoms with Gasteiger partial charge in [0.2, 0.25) is 0 Å². The number of nitrogens with one attached hydrogen (secondary N) is 1. The summed E-state index contributed by atoms with van der Waals surface area (Å²) in [5.41, 5.74) is 1.81. The molecule has 18 heavy (non-hydrogen) atoms. The zero-order chi connectivity index (χ0) is 12.8. The molecule has 0 bridgehead atoms. The Balaban J connectivity index is 2.11. The molecule has 100 valence electrons. The molecule has 1 aromatic rings. The van der Waals surface area contributed by atoms with E-state index in [-0.39, 0.29) is 0 Å². The molecule has 2 rings (SSSR count). The van der Waals surface area contributed by atoms with Gasteiger partial charge in [-0.15, -0.1) is 0 Å². The molecule has 1 atom stereocenters. The van der Waals surface area contributed by atoms with E-state index in [0.29, 0.717) is 5.54 Å². The third-order valence-electron chi connectivity index (χ3n) is 4.02. The van der Waals surface area contributed by atoms with Crippen LogP contribution in [-0.2, 0) is 6.42 Å². The van der Waals surface area contributed by atoms with Crippen LogP contribution in [0.5, 0.6) is 0 Å². The van der Waals surface area contributed by atoms with Crippen molar-refractivity contribution in [1.29, 1.82) is 0 Å². The van der Waals surface area contributed by atoms with Crippen molar-refractivity contribution in [1.82, 2.24) is 5.32 Å². The van der Waals surface area contributed by atoms with Crippen LogP contribution in [0.3, 0.4) is 0 Å². The van der Waals surface area contributed by atoms with Gasteiger partial charge in [0.1, 0.15) is 0 Å². The topological polar surface area (TPSA) is 12.0 Å². The van der Waals surface area contributed by atoms with Crippen LogP contribution in [0.2, 0.25) is 0 Å². The smallest absolute Gasteiger partial charge is 0.0221 e. The number of hydrogen-bond acceptors (Lipinski definition) is 1. The highest BCUT2D eigenvalue weighted by Crippen LogP contribution is 2.28. The summed E-state index contributed by atoms with van der Waals surface area (Å²) >= 11 is 3.51. The van der Waals surface area contributed by atoms with Crippen LogP contribution in [0.15, 0.2) is 28.7 Å². The highest BCUT2D eigenvalue weighted by atomic mass is 79.9. The van der Waals surface area contributed by atoms with Gasteiger partial charge in [0, 0.05) is 10.0 Å². The van der Waals surface area contributed by atoms with E-state index in [1.165, 1.54) is 61.5 Å². The summed E-state index contributed by atoms with van der Waals surface area (Å²) in [6, 6.07) is 8.83. The monoisotopic (exact) mass is 309 g/mol. The van der Waals surface area contributed by atoms with Crippen molar-refractivity contribution in [3.8, 4) is 0 Å². The number of rotatable bonds is 4. The van der Waals surface area contributed by atoms with Gasteiger partial charge in [-0.2, -0.15) is 0 Å². The molecular formula is C16H24BrN. The van der Waals surface area contributed by atoms with E-state index in [4.69, 9.17) is 0 Å². The maximum Gasteiger partial charge on any atom is 0.0221 e. The van der Waals surface area contributed by atoms with Gasteiger partial charge >= 0.3 is 0 Å². The lowest BCUT2D eigenvalue weighted by Crippen LogP contribution is -2.46. The second kappa shape index (κ2) is 6.72. The molecular weight excluding hydrogens is 286 g/mol. The average molecular weight is 310 g/mol. The van der Waals surface area contributed by atoms with Crippen LogP contribution >= 0.6 is 15.9 Å². The predicted molar refractivity (Wildman–Crippen MR) is 82.0 cm³/mol. The molecule has 1 unspecified atom stereocenters. The molecule has 1 fully saturated rings. The SMILES string of the molecule is CCCC1(Cc2ccc(Br)cc2)CCCCCN1. The fourth-order valence-corrected chi connectivity index (χ4v) is 3.40. The maximum absolute atomic E-state index is 3.85. The molecule has 0 aliphatic carbocycles. The Kier molecular flexibility index (Phi) is 5.25. The Morgan fingerprint density at radius 2 is 1.94 bits per heavy atom. The molecule has 1 aromatic carbocycles. The summed E-state index contributed by atoms with van der Waals surface area (Å²) in [5, 5.41) is 3.85. The Morgan fingerprint density at radius 3 is 2.67 bits per heavy atom. The third kappa shape index (κ3) is 3.83. The first-order chi connectivity index (χ1) is 8.74. The lowest BCUT2D eigenvalue weighted by atomic mass is 9.83. The predicted octanol–water partition coefficient (Wildman–Crippen LogP) is 4.69. The molecule has 0 spiro atoms. The number of benzene rings is 1. The molecule has 1 nitrogen and oxygen atoms in total. The molecule has 0 saturated carbocycles. The highest BCUT2D eigenvalue weighted by molar-refractivity contribution is 9.10. The summed E-state index contributed by atoms with van der Waals surface area (Å²) < 4.78 is 1.17. The highest BCUT2D eigenvalue weighted by Gasteiger charge is 2.29. The fourth-order valence-electron chi connectivity index (χ4n) is 3.13. The lowest BCUT2D eigenvalue weighted by Gasteiger charge is -2.34. The molecule has 2 heteroatoms. The fraction of sp³-hybridized carbons (Fsp3) is 0.625. The van der Waals surface area contributed by atoms with Crippen LogP contribution in [0, 0.1) is 0 Å². The molecule has 0 radical (unpaired) electrons. The number of halogens is 1. The van der Waals surface area contributed by atoms with E-state index >= 15 is 0 Å². The van der Waals surface area contributed by atoms with Gasteiger partial charge in [-0.3, -0.25) is 0 Å².